The second kappa shape index (κ2) is 9.18. The lowest BCUT2D eigenvalue weighted by atomic mass is 10.1. The number of hydrogen-bond donors (Lipinski definition) is 2. The van der Waals surface area contributed by atoms with Crippen LogP contribution >= 0.6 is 0 Å². The van der Waals surface area contributed by atoms with Gasteiger partial charge < -0.3 is 9.84 Å². The largest absolute Gasteiger partial charge is 0.394 e. The third-order valence-electron chi connectivity index (χ3n) is 3.63. The summed E-state index contributed by atoms with van der Waals surface area (Å²) in [4.78, 5) is 0. The van der Waals surface area contributed by atoms with Crippen molar-refractivity contribution in [2.75, 3.05) is 19.8 Å². The molecule has 2 aromatic rings. The first-order valence-electron chi connectivity index (χ1n) is 8.00. The van der Waals surface area contributed by atoms with Crippen LogP contribution in [0, 0.1) is 18.6 Å². The summed E-state index contributed by atoms with van der Waals surface area (Å²) in [5.74, 6) is -2.22. The van der Waals surface area contributed by atoms with Gasteiger partial charge in [0.15, 0.2) is 0 Å². The summed E-state index contributed by atoms with van der Waals surface area (Å²) in [6, 6.07) is 9.99. The number of rotatable bonds is 9. The van der Waals surface area contributed by atoms with E-state index in [9.17, 15) is 17.2 Å². The summed E-state index contributed by atoms with van der Waals surface area (Å²) >= 11 is 0. The van der Waals surface area contributed by atoms with Crippen molar-refractivity contribution in [3.05, 3.63) is 70.8 Å². The number of aliphatic hydroxyl groups excluding tert-OH is 1. The van der Waals surface area contributed by atoms with E-state index in [1.165, 1.54) is 0 Å². The van der Waals surface area contributed by atoms with Gasteiger partial charge in [-0.05, 0) is 30.2 Å². The smallest absolute Gasteiger partial charge is 0.215 e. The molecule has 2 rings (SSSR count). The van der Waals surface area contributed by atoms with E-state index >= 15 is 0 Å². The van der Waals surface area contributed by atoms with Gasteiger partial charge in [-0.1, -0.05) is 29.8 Å². The number of ether oxygens (including phenoxy) is 1. The second-order valence-corrected chi connectivity index (χ2v) is 7.69. The van der Waals surface area contributed by atoms with Crippen molar-refractivity contribution in [1.82, 2.24) is 4.72 Å². The van der Waals surface area contributed by atoms with Crippen molar-refractivity contribution < 1.29 is 27.0 Å². The lowest BCUT2D eigenvalue weighted by molar-refractivity contribution is 0.0309. The minimum Gasteiger partial charge on any atom is -0.394 e. The van der Waals surface area contributed by atoms with E-state index < -0.39 is 33.5 Å². The molecule has 0 spiro atoms. The molecule has 0 amide bonds. The average molecular weight is 385 g/mol. The van der Waals surface area contributed by atoms with Crippen LogP contribution in [-0.2, 0) is 20.5 Å². The standard InChI is InChI=1S/C18H21F2NO4S/c1-13-2-4-15(5-3-13)18(25-7-6-22)11-21-26(23,24)12-14-8-16(19)10-17(20)9-14/h2-5,8-10,18,21-22H,6-7,11-12H2,1H3. The van der Waals surface area contributed by atoms with Crippen LogP contribution in [0.1, 0.15) is 22.8 Å². The molecule has 0 saturated carbocycles. The first-order chi connectivity index (χ1) is 12.3. The van der Waals surface area contributed by atoms with Crippen LogP contribution < -0.4 is 4.72 Å². The van der Waals surface area contributed by atoms with E-state index in [1.54, 1.807) is 0 Å². The van der Waals surface area contributed by atoms with Crippen molar-refractivity contribution in [2.45, 2.75) is 18.8 Å². The summed E-state index contributed by atoms with van der Waals surface area (Å²) in [7, 11) is -3.83. The number of sulfonamides is 1. The van der Waals surface area contributed by atoms with Crippen LogP contribution in [0.3, 0.4) is 0 Å². The fourth-order valence-electron chi connectivity index (χ4n) is 2.42. The molecule has 2 N–H and O–H groups in total. The predicted molar refractivity (Wildman–Crippen MR) is 93.9 cm³/mol. The van der Waals surface area contributed by atoms with Gasteiger partial charge in [-0.15, -0.1) is 0 Å². The van der Waals surface area contributed by atoms with Gasteiger partial charge in [-0.3, -0.25) is 0 Å². The number of hydrogen-bond acceptors (Lipinski definition) is 4. The Labute approximate surface area is 151 Å². The van der Waals surface area contributed by atoms with Crippen molar-refractivity contribution in [2.24, 2.45) is 0 Å². The Morgan fingerprint density at radius 1 is 1.12 bits per heavy atom. The third-order valence-corrected chi connectivity index (χ3v) is 4.95. The molecule has 0 radical (unpaired) electrons. The Hall–Kier alpha value is -1.87. The highest BCUT2D eigenvalue weighted by molar-refractivity contribution is 7.88. The molecule has 2 aromatic carbocycles. The molecule has 0 aliphatic heterocycles. The maximum atomic E-state index is 13.2. The van der Waals surface area contributed by atoms with E-state index in [1.807, 2.05) is 31.2 Å². The number of aliphatic hydroxyl groups is 1. The molecule has 1 unspecified atom stereocenters. The summed E-state index contributed by atoms with van der Waals surface area (Å²) in [5.41, 5.74) is 1.81. The molecule has 1 atom stereocenters. The van der Waals surface area contributed by atoms with E-state index in [4.69, 9.17) is 9.84 Å². The minimum atomic E-state index is -3.83. The van der Waals surface area contributed by atoms with E-state index in [-0.39, 0.29) is 25.3 Å². The molecule has 0 aliphatic carbocycles. The van der Waals surface area contributed by atoms with Crippen molar-refractivity contribution in [1.29, 1.82) is 0 Å². The Bertz CT molecular complexity index is 805. The van der Waals surface area contributed by atoms with Crippen molar-refractivity contribution >= 4 is 10.0 Å². The lowest BCUT2D eigenvalue weighted by Crippen LogP contribution is -2.31. The molecule has 26 heavy (non-hydrogen) atoms. The van der Waals surface area contributed by atoms with Gasteiger partial charge in [-0.2, -0.15) is 0 Å². The minimum absolute atomic E-state index is 0.0122. The van der Waals surface area contributed by atoms with Gasteiger partial charge >= 0.3 is 0 Å². The number of aryl methyl sites for hydroxylation is 1. The molecule has 142 valence electrons. The maximum absolute atomic E-state index is 13.2. The van der Waals surface area contributed by atoms with Gasteiger partial charge in [0, 0.05) is 12.6 Å². The Morgan fingerprint density at radius 3 is 2.31 bits per heavy atom. The fourth-order valence-corrected chi connectivity index (χ4v) is 3.53. The lowest BCUT2D eigenvalue weighted by Gasteiger charge is -2.19. The molecule has 0 saturated heterocycles. The van der Waals surface area contributed by atoms with Crippen molar-refractivity contribution in [3.63, 3.8) is 0 Å². The summed E-state index contributed by atoms with van der Waals surface area (Å²) in [6.07, 6.45) is -0.596. The first kappa shape index (κ1) is 20.4. The van der Waals surface area contributed by atoms with Gasteiger partial charge in [0.05, 0.1) is 25.1 Å². The molecule has 8 heteroatoms. The van der Waals surface area contributed by atoms with Gasteiger partial charge in [0.1, 0.15) is 11.6 Å². The highest BCUT2D eigenvalue weighted by Gasteiger charge is 2.18. The highest BCUT2D eigenvalue weighted by Crippen LogP contribution is 2.18. The second-order valence-electron chi connectivity index (χ2n) is 5.88. The average Bonchev–Trinajstić information content (AvgIpc) is 2.54. The number of nitrogens with one attached hydrogen (secondary N) is 1. The molecular weight excluding hydrogens is 364 g/mol. The zero-order valence-electron chi connectivity index (χ0n) is 14.3. The summed E-state index contributed by atoms with van der Waals surface area (Å²) in [5, 5.41) is 8.95. The highest BCUT2D eigenvalue weighted by atomic mass is 32.2. The number of benzene rings is 2. The first-order valence-corrected chi connectivity index (χ1v) is 9.65. The van der Waals surface area contributed by atoms with Gasteiger partial charge in [0.25, 0.3) is 0 Å². The molecule has 0 aromatic heterocycles. The molecule has 0 aliphatic rings. The summed E-state index contributed by atoms with van der Waals surface area (Å²) < 4.78 is 58.8. The van der Waals surface area contributed by atoms with E-state index in [0.717, 1.165) is 23.3 Å². The molecule has 0 heterocycles. The zero-order chi connectivity index (χ0) is 19.2. The molecule has 5 nitrogen and oxygen atoms in total. The van der Waals surface area contributed by atoms with Crippen molar-refractivity contribution in [3.8, 4) is 0 Å². The number of halogens is 2. The van der Waals surface area contributed by atoms with Gasteiger partial charge in [-0.25, -0.2) is 21.9 Å². The Balaban J connectivity index is 2.06. The summed E-state index contributed by atoms with van der Waals surface area (Å²) in [6.45, 7) is 1.71. The predicted octanol–water partition coefficient (Wildman–Crippen LogP) is 2.44. The fraction of sp³-hybridized carbons (Fsp3) is 0.333. The maximum Gasteiger partial charge on any atom is 0.215 e. The molecular formula is C18H21F2NO4S. The SMILES string of the molecule is Cc1ccc(C(CNS(=O)(=O)Cc2cc(F)cc(F)c2)OCCO)cc1. The monoisotopic (exact) mass is 385 g/mol. The van der Waals surface area contributed by atoms with E-state index in [0.29, 0.717) is 6.07 Å². The Morgan fingerprint density at radius 2 is 1.73 bits per heavy atom. The van der Waals surface area contributed by atoms with Crippen LogP contribution in [-0.4, -0.2) is 33.3 Å². The topological polar surface area (TPSA) is 75.6 Å². The quantitative estimate of drug-likeness (QED) is 0.695. The van der Waals surface area contributed by atoms with Crippen LogP contribution in [0.5, 0.6) is 0 Å². The van der Waals surface area contributed by atoms with E-state index in [2.05, 4.69) is 4.72 Å². The zero-order valence-corrected chi connectivity index (χ0v) is 15.1. The Kier molecular flexibility index (Phi) is 7.22. The van der Waals surface area contributed by atoms with Crippen LogP contribution in [0.2, 0.25) is 0 Å². The van der Waals surface area contributed by atoms with Crippen LogP contribution in [0.25, 0.3) is 0 Å². The van der Waals surface area contributed by atoms with Crippen LogP contribution in [0.15, 0.2) is 42.5 Å². The molecule has 0 bridgehead atoms. The third kappa shape index (κ3) is 6.45. The molecule has 0 fully saturated rings. The normalized spacial score (nSPS) is 12.9. The van der Waals surface area contributed by atoms with Gasteiger partial charge in [0.2, 0.25) is 10.0 Å². The van der Waals surface area contributed by atoms with Crippen LogP contribution in [0.4, 0.5) is 8.78 Å².